The number of hydrogen-bond donors (Lipinski definition) is 1. The van der Waals surface area contributed by atoms with Crippen LogP contribution in [0.25, 0.3) is 0 Å². The minimum atomic E-state index is 0.574. The minimum absolute atomic E-state index is 0.574. The first-order chi connectivity index (χ1) is 9.25. The molecule has 0 radical (unpaired) electrons. The normalized spacial score (nSPS) is 23.1. The number of hydrogen-bond acceptors (Lipinski definition) is 2. The molecule has 104 valence electrons. The molecule has 1 saturated heterocycles. The van der Waals surface area contributed by atoms with Crippen LogP contribution in [0.4, 0.5) is 0 Å². The summed E-state index contributed by atoms with van der Waals surface area (Å²) < 4.78 is 1.02. The van der Waals surface area contributed by atoms with Gasteiger partial charge in [0, 0.05) is 36.7 Å². The summed E-state index contributed by atoms with van der Waals surface area (Å²) in [5.41, 5.74) is 1.42. The van der Waals surface area contributed by atoms with Crippen LogP contribution < -0.4 is 5.32 Å². The second-order valence-electron chi connectivity index (χ2n) is 5.60. The summed E-state index contributed by atoms with van der Waals surface area (Å²) in [6.45, 7) is 4.53. The molecule has 4 heteroatoms. The van der Waals surface area contributed by atoms with Crippen molar-refractivity contribution in [1.82, 2.24) is 10.2 Å². The van der Waals surface area contributed by atoms with Gasteiger partial charge < -0.3 is 5.32 Å². The van der Waals surface area contributed by atoms with Crippen molar-refractivity contribution in [3.05, 3.63) is 33.3 Å². The van der Waals surface area contributed by atoms with E-state index >= 15 is 0 Å². The van der Waals surface area contributed by atoms with E-state index in [-0.39, 0.29) is 0 Å². The highest BCUT2D eigenvalue weighted by Gasteiger charge is 2.33. The summed E-state index contributed by atoms with van der Waals surface area (Å²) in [6.07, 6.45) is 4.13. The van der Waals surface area contributed by atoms with E-state index in [4.69, 9.17) is 11.6 Å². The van der Waals surface area contributed by atoms with Crippen LogP contribution >= 0.6 is 27.5 Å². The van der Waals surface area contributed by atoms with Gasteiger partial charge in [0.2, 0.25) is 0 Å². The summed E-state index contributed by atoms with van der Waals surface area (Å²) in [7, 11) is 0. The Balaban J connectivity index is 1.86. The summed E-state index contributed by atoms with van der Waals surface area (Å²) in [5.74, 6) is 0.825. The van der Waals surface area contributed by atoms with E-state index < -0.39 is 0 Å². The molecule has 2 nitrogen and oxygen atoms in total. The van der Waals surface area contributed by atoms with Gasteiger partial charge in [-0.05, 0) is 52.4 Å². The summed E-state index contributed by atoms with van der Waals surface area (Å²) in [6, 6.07) is 7.02. The van der Waals surface area contributed by atoms with Crippen LogP contribution in [0.15, 0.2) is 22.7 Å². The lowest BCUT2D eigenvalue weighted by Gasteiger charge is -2.43. The topological polar surface area (TPSA) is 15.3 Å². The van der Waals surface area contributed by atoms with Crippen molar-refractivity contribution in [2.45, 2.75) is 25.3 Å². The number of nitrogens with one attached hydrogen (secondary N) is 1. The third-order valence-electron chi connectivity index (χ3n) is 4.43. The van der Waals surface area contributed by atoms with Crippen LogP contribution in [0.5, 0.6) is 0 Å². The zero-order chi connectivity index (χ0) is 13.2. The molecular weight excluding hydrogens is 324 g/mol. The molecule has 0 spiro atoms. The number of halogens is 2. The van der Waals surface area contributed by atoms with Gasteiger partial charge in [0.05, 0.1) is 5.02 Å². The Morgan fingerprint density at radius 3 is 2.58 bits per heavy atom. The van der Waals surface area contributed by atoms with E-state index in [1.165, 1.54) is 24.8 Å². The first-order valence-electron chi connectivity index (χ1n) is 7.15. The van der Waals surface area contributed by atoms with Gasteiger partial charge in [-0.25, -0.2) is 0 Å². The van der Waals surface area contributed by atoms with E-state index in [9.17, 15) is 0 Å². The third-order valence-corrected chi connectivity index (χ3v) is 5.64. The monoisotopic (exact) mass is 342 g/mol. The fraction of sp³-hybridized carbons (Fsp3) is 0.600. The van der Waals surface area contributed by atoms with Gasteiger partial charge >= 0.3 is 0 Å². The summed E-state index contributed by atoms with van der Waals surface area (Å²) >= 11 is 9.69. The zero-order valence-electron chi connectivity index (χ0n) is 11.0. The molecule has 1 saturated carbocycles. The van der Waals surface area contributed by atoms with Crippen LogP contribution in [0.1, 0.15) is 30.9 Å². The molecule has 0 unspecified atom stereocenters. The van der Waals surface area contributed by atoms with Gasteiger partial charge in [-0.3, -0.25) is 4.90 Å². The van der Waals surface area contributed by atoms with Gasteiger partial charge in [-0.1, -0.05) is 24.1 Å². The molecule has 2 fully saturated rings. The van der Waals surface area contributed by atoms with Crippen LogP contribution in [0.2, 0.25) is 5.02 Å². The van der Waals surface area contributed by atoms with Crippen molar-refractivity contribution in [2.24, 2.45) is 5.92 Å². The predicted octanol–water partition coefficient (Wildman–Crippen LogP) is 3.85. The molecule has 0 bridgehead atoms. The quantitative estimate of drug-likeness (QED) is 0.897. The molecule has 1 aliphatic carbocycles. The second-order valence-corrected chi connectivity index (χ2v) is 6.86. The van der Waals surface area contributed by atoms with Gasteiger partial charge in [-0.2, -0.15) is 0 Å². The molecule has 1 aromatic rings. The second kappa shape index (κ2) is 6.13. The van der Waals surface area contributed by atoms with Crippen molar-refractivity contribution >= 4 is 27.5 Å². The van der Waals surface area contributed by atoms with Crippen LogP contribution in [-0.2, 0) is 0 Å². The molecule has 0 amide bonds. The Hall–Kier alpha value is -0.0900. The molecule has 2 aliphatic rings. The van der Waals surface area contributed by atoms with Crippen LogP contribution in [0.3, 0.4) is 0 Å². The molecule has 1 aromatic carbocycles. The van der Waals surface area contributed by atoms with Gasteiger partial charge in [0.1, 0.15) is 0 Å². The highest BCUT2D eigenvalue weighted by molar-refractivity contribution is 9.10. The fourth-order valence-corrected chi connectivity index (χ4v) is 3.71. The van der Waals surface area contributed by atoms with E-state index in [0.29, 0.717) is 6.04 Å². The first kappa shape index (κ1) is 13.9. The molecule has 0 aromatic heterocycles. The fourth-order valence-electron chi connectivity index (χ4n) is 3.19. The SMILES string of the molecule is Clc1ccc([C@@H](C2CCC2)N2CCNCC2)cc1Br. The van der Waals surface area contributed by atoms with Crippen molar-refractivity contribution in [3.8, 4) is 0 Å². The Labute approximate surface area is 128 Å². The maximum absolute atomic E-state index is 6.13. The van der Waals surface area contributed by atoms with Crippen molar-refractivity contribution in [2.75, 3.05) is 26.2 Å². The van der Waals surface area contributed by atoms with E-state index in [0.717, 1.165) is 41.6 Å². The highest BCUT2D eigenvalue weighted by Crippen LogP contribution is 2.42. The van der Waals surface area contributed by atoms with Gasteiger partial charge in [-0.15, -0.1) is 0 Å². The Morgan fingerprint density at radius 1 is 1.26 bits per heavy atom. The van der Waals surface area contributed by atoms with E-state index in [1.54, 1.807) is 0 Å². The lowest BCUT2D eigenvalue weighted by atomic mass is 9.76. The van der Waals surface area contributed by atoms with E-state index in [1.807, 2.05) is 6.07 Å². The summed E-state index contributed by atoms with van der Waals surface area (Å²) in [4.78, 5) is 2.65. The summed E-state index contributed by atoms with van der Waals surface area (Å²) in [5, 5.41) is 4.25. The number of piperazine rings is 1. The maximum Gasteiger partial charge on any atom is 0.0548 e. The predicted molar refractivity (Wildman–Crippen MR) is 83.7 cm³/mol. The molecular formula is C15H20BrClN2. The lowest BCUT2D eigenvalue weighted by Crippen LogP contribution is -2.47. The Morgan fingerprint density at radius 2 is 2.00 bits per heavy atom. The van der Waals surface area contributed by atoms with Gasteiger partial charge in [0.25, 0.3) is 0 Å². The lowest BCUT2D eigenvalue weighted by molar-refractivity contribution is 0.0837. The Bertz CT molecular complexity index is 442. The maximum atomic E-state index is 6.13. The van der Waals surface area contributed by atoms with Crippen molar-refractivity contribution in [3.63, 3.8) is 0 Å². The number of benzene rings is 1. The van der Waals surface area contributed by atoms with Gasteiger partial charge in [0.15, 0.2) is 0 Å². The number of nitrogens with zero attached hydrogens (tertiary/aromatic N) is 1. The van der Waals surface area contributed by atoms with E-state index in [2.05, 4.69) is 38.3 Å². The standard InChI is InChI=1S/C15H20BrClN2/c16-13-10-12(4-5-14(13)17)15(11-2-1-3-11)19-8-6-18-7-9-19/h4-5,10-11,15,18H,1-3,6-9H2/t15-/m1/s1. The smallest absolute Gasteiger partial charge is 0.0548 e. The van der Waals surface area contributed by atoms with Crippen LogP contribution in [0, 0.1) is 5.92 Å². The first-order valence-corrected chi connectivity index (χ1v) is 8.32. The average molecular weight is 344 g/mol. The molecule has 1 heterocycles. The Kier molecular flexibility index (Phi) is 4.47. The van der Waals surface area contributed by atoms with Crippen molar-refractivity contribution < 1.29 is 0 Å². The number of rotatable bonds is 3. The molecule has 1 atom stereocenters. The molecule has 1 aliphatic heterocycles. The van der Waals surface area contributed by atoms with Crippen molar-refractivity contribution in [1.29, 1.82) is 0 Å². The van der Waals surface area contributed by atoms with Crippen LogP contribution in [-0.4, -0.2) is 31.1 Å². The largest absolute Gasteiger partial charge is 0.314 e. The highest BCUT2D eigenvalue weighted by atomic mass is 79.9. The molecule has 3 rings (SSSR count). The minimum Gasteiger partial charge on any atom is -0.314 e. The molecule has 1 N–H and O–H groups in total. The third kappa shape index (κ3) is 2.99. The zero-order valence-corrected chi connectivity index (χ0v) is 13.4. The average Bonchev–Trinajstić information content (AvgIpc) is 2.38. The molecule has 19 heavy (non-hydrogen) atoms.